The van der Waals surface area contributed by atoms with E-state index in [9.17, 15) is 0 Å². The first-order valence-electron chi connectivity index (χ1n) is 7.56. The highest BCUT2D eigenvalue weighted by Gasteiger charge is 2.19. The molecule has 0 radical (unpaired) electrons. The zero-order chi connectivity index (χ0) is 15.4. The number of hydrogen-bond acceptors (Lipinski definition) is 2. The molecule has 0 amide bonds. The van der Waals surface area contributed by atoms with Crippen LogP contribution >= 0.6 is 12.2 Å². The van der Waals surface area contributed by atoms with Crippen LogP contribution in [0.2, 0.25) is 0 Å². The zero-order valence-corrected chi connectivity index (χ0v) is 13.6. The van der Waals surface area contributed by atoms with Gasteiger partial charge < -0.3 is 15.1 Å². The van der Waals surface area contributed by atoms with Gasteiger partial charge in [0.1, 0.15) is 0 Å². The van der Waals surface area contributed by atoms with E-state index in [4.69, 9.17) is 12.2 Å². The van der Waals surface area contributed by atoms with Crippen molar-refractivity contribution in [1.29, 1.82) is 0 Å². The van der Waals surface area contributed by atoms with E-state index in [0.29, 0.717) is 0 Å². The number of rotatable bonds is 2. The Morgan fingerprint density at radius 1 is 1.09 bits per heavy atom. The molecule has 1 aliphatic heterocycles. The first-order valence-corrected chi connectivity index (χ1v) is 7.97. The molecule has 0 atom stereocenters. The molecule has 0 unspecified atom stereocenters. The Morgan fingerprint density at radius 2 is 1.82 bits per heavy atom. The van der Waals surface area contributed by atoms with Gasteiger partial charge in [0, 0.05) is 49.7 Å². The fourth-order valence-corrected chi connectivity index (χ4v) is 2.98. The SMILES string of the molecule is Cc1cccc(NC(=S)N2CCN(c3cc[nH+]cc3)CC2)c1. The van der Waals surface area contributed by atoms with Crippen molar-refractivity contribution in [2.75, 3.05) is 36.4 Å². The molecule has 0 aliphatic carbocycles. The van der Waals surface area contributed by atoms with Crippen molar-refractivity contribution in [1.82, 2.24) is 4.90 Å². The van der Waals surface area contributed by atoms with Gasteiger partial charge in [0.2, 0.25) is 0 Å². The summed E-state index contributed by atoms with van der Waals surface area (Å²) in [5.41, 5.74) is 3.56. The van der Waals surface area contributed by atoms with Crippen molar-refractivity contribution < 1.29 is 4.98 Å². The number of pyridine rings is 1. The highest BCUT2D eigenvalue weighted by molar-refractivity contribution is 7.80. The first kappa shape index (κ1) is 14.8. The molecule has 2 aromatic rings. The smallest absolute Gasteiger partial charge is 0.173 e. The van der Waals surface area contributed by atoms with Gasteiger partial charge in [0.25, 0.3) is 0 Å². The summed E-state index contributed by atoms with van der Waals surface area (Å²) in [6, 6.07) is 12.5. The standard InChI is InChI=1S/C17H20N4S/c1-14-3-2-4-15(13-14)19-17(22)21-11-9-20(10-12-21)16-5-7-18-8-6-16/h2-8,13H,9-12H2,1H3,(H,19,22)/p+1. The lowest BCUT2D eigenvalue weighted by atomic mass is 10.2. The number of piperazine rings is 1. The maximum Gasteiger partial charge on any atom is 0.173 e. The summed E-state index contributed by atoms with van der Waals surface area (Å²) in [7, 11) is 0. The lowest BCUT2D eigenvalue weighted by Gasteiger charge is -2.37. The molecule has 3 rings (SSSR count). The van der Waals surface area contributed by atoms with E-state index in [1.54, 1.807) is 0 Å². The third kappa shape index (κ3) is 3.54. The van der Waals surface area contributed by atoms with Crippen molar-refractivity contribution >= 4 is 28.7 Å². The van der Waals surface area contributed by atoms with Gasteiger partial charge in [0.15, 0.2) is 17.5 Å². The lowest BCUT2D eigenvalue weighted by Crippen LogP contribution is -2.50. The predicted molar refractivity (Wildman–Crippen MR) is 94.2 cm³/mol. The molecule has 1 saturated heterocycles. The summed E-state index contributed by atoms with van der Waals surface area (Å²) in [6.07, 6.45) is 3.93. The Bertz CT molecular complexity index is 636. The van der Waals surface area contributed by atoms with Gasteiger partial charge in [-0.1, -0.05) is 12.1 Å². The fourth-order valence-electron chi connectivity index (χ4n) is 2.68. The van der Waals surface area contributed by atoms with E-state index in [1.807, 2.05) is 18.5 Å². The van der Waals surface area contributed by atoms with Gasteiger partial charge in [-0.15, -0.1) is 0 Å². The predicted octanol–water partition coefficient (Wildman–Crippen LogP) is 2.33. The second-order valence-corrected chi connectivity index (χ2v) is 5.92. The van der Waals surface area contributed by atoms with E-state index in [-0.39, 0.29) is 0 Å². The average molecular weight is 313 g/mol. The fraction of sp³-hybridized carbons (Fsp3) is 0.294. The van der Waals surface area contributed by atoms with Gasteiger partial charge in [-0.2, -0.15) is 0 Å². The Labute approximate surface area is 136 Å². The van der Waals surface area contributed by atoms with Crippen LogP contribution in [0.3, 0.4) is 0 Å². The number of aromatic amines is 1. The average Bonchev–Trinajstić information content (AvgIpc) is 2.56. The van der Waals surface area contributed by atoms with Crippen molar-refractivity contribution in [2.45, 2.75) is 6.92 Å². The molecule has 114 valence electrons. The third-order valence-electron chi connectivity index (χ3n) is 3.90. The maximum atomic E-state index is 5.55. The van der Waals surface area contributed by atoms with Crippen LogP contribution in [0.5, 0.6) is 0 Å². The molecular weight excluding hydrogens is 292 g/mol. The molecular formula is C17H21N4S+. The van der Waals surface area contributed by atoms with Crippen LogP contribution < -0.4 is 15.2 Å². The van der Waals surface area contributed by atoms with E-state index < -0.39 is 0 Å². The van der Waals surface area contributed by atoms with Crippen molar-refractivity contribution in [3.05, 3.63) is 54.4 Å². The lowest BCUT2D eigenvalue weighted by molar-refractivity contribution is -0.377. The topological polar surface area (TPSA) is 32.6 Å². The number of anilines is 2. The van der Waals surface area contributed by atoms with Crippen LogP contribution in [0.4, 0.5) is 11.4 Å². The summed E-state index contributed by atoms with van der Waals surface area (Å²) in [4.78, 5) is 7.69. The van der Waals surface area contributed by atoms with E-state index in [1.165, 1.54) is 11.3 Å². The van der Waals surface area contributed by atoms with E-state index >= 15 is 0 Å². The van der Waals surface area contributed by atoms with E-state index in [0.717, 1.165) is 37.0 Å². The number of benzene rings is 1. The molecule has 0 saturated carbocycles. The van der Waals surface area contributed by atoms with E-state index in [2.05, 4.69) is 57.4 Å². The molecule has 1 aliphatic rings. The van der Waals surface area contributed by atoms with Crippen LogP contribution in [0.15, 0.2) is 48.8 Å². The van der Waals surface area contributed by atoms with Crippen LogP contribution in [0.1, 0.15) is 5.56 Å². The van der Waals surface area contributed by atoms with Gasteiger partial charge in [0.05, 0.1) is 0 Å². The Morgan fingerprint density at radius 3 is 2.50 bits per heavy atom. The number of aryl methyl sites for hydroxylation is 1. The number of nitrogens with one attached hydrogen (secondary N) is 2. The minimum absolute atomic E-state index is 0.812. The molecule has 0 spiro atoms. The van der Waals surface area contributed by atoms with Crippen LogP contribution in [0, 0.1) is 6.92 Å². The molecule has 22 heavy (non-hydrogen) atoms. The molecule has 5 heteroatoms. The number of hydrogen-bond donors (Lipinski definition) is 1. The van der Waals surface area contributed by atoms with Crippen molar-refractivity contribution in [2.24, 2.45) is 0 Å². The molecule has 4 nitrogen and oxygen atoms in total. The van der Waals surface area contributed by atoms with Gasteiger partial charge in [-0.3, -0.25) is 0 Å². The Kier molecular flexibility index (Phi) is 4.53. The molecule has 1 fully saturated rings. The molecule has 1 aromatic heterocycles. The summed E-state index contributed by atoms with van der Waals surface area (Å²) < 4.78 is 0. The minimum atomic E-state index is 0.812. The largest absolute Gasteiger partial charge is 0.368 e. The monoisotopic (exact) mass is 313 g/mol. The zero-order valence-electron chi connectivity index (χ0n) is 12.7. The summed E-state index contributed by atoms with van der Waals surface area (Å²) in [6.45, 7) is 5.94. The second-order valence-electron chi connectivity index (χ2n) is 5.53. The van der Waals surface area contributed by atoms with Crippen LogP contribution in [-0.4, -0.2) is 36.2 Å². The molecule has 1 aromatic carbocycles. The molecule has 2 N–H and O–H groups in total. The number of H-pyrrole nitrogens is 1. The molecule has 2 heterocycles. The molecule has 0 bridgehead atoms. The summed E-state index contributed by atoms with van der Waals surface area (Å²) in [5, 5.41) is 4.15. The number of thiocarbonyl (C=S) groups is 1. The number of aromatic nitrogens is 1. The van der Waals surface area contributed by atoms with Crippen molar-refractivity contribution in [3.8, 4) is 0 Å². The number of nitrogens with zero attached hydrogens (tertiary/aromatic N) is 2. The van der Waals surface area contributed by atoms with Gasteiger partial charge >= 0.3 is 0 Å². The van der Waals surface area contributed by atoms with Crippen LogP contribution in [-0.2, 0) is 0 Å². The summed E-state index contributed by atoms with van der Waals surface area (Å²) >= 11 is 5.55. The summed E-state index contributed by atoms with van der Waals surface area (Å²) in [5.74, 6) is 0. The first-order chi connectivity index (χ1) is 10.7. The van der Waals surface area contributed by atoms with Crippen LogP contribution in [0.25, 0.3) is 0 Å². The Hall–Kier alpha value is -2.14. The quantitative estimate of drug-likeness (QED) is 0.863. The highest BCUT2D eigenvalue weighted by atomic mass is 32.1. The van der Waals surface area contributed by atoms with Gasteiger partial charge in [-0.05, 0) is 36.8 Å². The minimum Gasteiger partial charge on any atom is -0.368 e. The normalized spacial score (nSPS) is 14.8. The maximum absolute atomic E-state index is 5.55. The van der Waals surface area contributed by atoms with Gasteiger partial charge in [-0.25, -0.2) is 4.98 Å². The Balaban J connectivity index is 1.56. The second kappa shape index (κ2) is 6.75. The van der Waals surface area contributed by atoms with Crippen molar-refractivity contribution in [3.63, 3.8) is 0 Å². The highest BCUT2D eigenvalue weighted by Crippen LogP contribution is 2.15. The third-order valence-corrected chi connectivity index (χ3v) is 4.26.